The summed E-state index contributed by atoms with van der Waals surface area (Å²) in [6.45, 7) is 7.87. The molecule has 1 aromatic rings. The maximum absolute atomic E-state index is 6.12. The van der Waals surface area contributed by atoms with Crippen molar-refractivity contribution in [3.8, 4) is 0 Å². The van der Waals surface area contributed by atoms with Crippen LogP contribution in [-0.4, -0.2) is 37.2 Å². The van der Waals surface area contributed by atoms with E-state index in [0.29, 0.717) is 19.1 Å². The first-order chi connectivity index (χ1) is 9.14. The van der Waals surface area contributed by atoms with Gasteiger partial charge < -0.3 is 10.5 Å². The number of hydrogen-bond donors (Lipinski definition) is 1. The Morgan fingerprint density at radius 2 is 2.00 bits per heavy atom. The van der Waals surface area contributed by atoms with Crippen LogP contribution in [0, 0.1) is 5.92 Å². The van der Waals surface area contributed by atoms with E-state index in [9.17, 15) is 0 Å². The van der Waals surface area contributed by atoms with Crippen molar-refractivity contribution < 1.29 is 4.74 Å². The molecule has 0 saturated carbocycles. The van der Waals surface area contributed by atoms with E-state index in [-0.39, 0.29) is 5.54 Å². The van der Waals surface area contributed by atoms with Gasteiger partial charge in [-0.3, -0.25) is 4.90 Å². The molecule has 1 aliphatic rings. The van der Waals surface area contributed by atoms with Crippen LogP contribution in [0.4, 0.5) is 0 Å². The molecular formula is C16H26N2O. The van der Waals surface area contributed by atoms with Crippen molar-refractivity contribution in [1.82, 2.24) is 4.90 Å². The van der Waals surface area contributed by atoms with E-state index in [0.717, 1.165) is 19.5 Å². The molecule has 3 heteroatoms. The normalized spacial score (nSPS) is 19.2. The van der Waals surface area contributed by atoms with Gasteiger partial charge in [0.05, 0.1) is 12.1 Å². The van der Waals surface area contributed by atoms with E-state index in [1.807, 2.05) is 0 Å². The standard InChI is InChI=1S/C16H26N2O/c1-13(2)16(11-17,12-19-3)18-9-8-14-6-4-5-7-15(14)10-18/h4-7,13H,8-12,17H2,1-3H3. The lowest BCUT2D eigenvalue weighted by Gasteiger charge is -2.48. The molecule has 1 atom stereocenters. The molecule has 1 aromatic carbocycles. The van der Waals surface area contributed by atoms with Crippen molar-refractivity contribution in [3.63, 3.8) is 0 Å². The maximum Gasteiger partial charge on any atom is 0.0661 e. The summed E-state index contributed by atoms with van der Waals surface area (Å²) in [7, 11) is 1.77. The summed E-state index contributed by atoms with van der Waals surface area (Å²) < 4.78 is 5.48. The first-order valence-electron chi connectivity index (χ1n) is 7.15. The van der Waals surface area contributed by atoms with E-state index in [2.05, 4.69) is 43.0 Å². The average molecular weight is 262 g/mol. The summed E-state index contributed by atoms with van der Waals surface area (Å²) >= 11 is 0. The monoisotopic (exact) mass is 262 g/mol. The third-order valence-electron chi connectivity index (χ3n) is 4.58. The highest BCUT2D eigenvalue weighted by atomic mass is 16.5. The van der Waals surface area contributed by atoms with Crippen LogP contribution in [0.25, 0.3) is 0 Å². The molecule has 0 saturated heterocycles. The first-order valence-corrected chi connectivity index (χ1v) is 7.15. The second-order valence-corrected chi connectivity index (χ2v) is 5.84. The number of ether oxygens (including phenoxy) is 1. The molecule has 19 heavy (non-hydrogen) atoms. The third kappa shape index (κ3) is 2.69. The van der Waals surface area contributed by atoms with Crippen LogP contribution in [0.5, 0.6) is 0 Å². The highest BCUT2D eigenvalue weighted by Crippen LogP contribution is 2.30. The molecule has 0 spiro atoms. The zero-order chi connectivity index (χ0) is 13.9. The number of benzene rings is 1. The van der Waals surface area contributed by atoms with E-state index >= 15 is 0 Å². The highest BCUT2D eigenvalue weighted by Gasteiger charge is 2.39. The van der Waals surface area contributed by atoms with E-state index in [4.69, 9.17) is 10.5 Å². The molecule has 0 amide bonds. The highest BCUT2D eigenvalue weighted by molar-refractivity contribution is 5.29. The van der Waals surface area contributed by atoms with E-state index in [1.165, 1.54) is 11.1 Å². The summed E-state index contributed by atoms with van der Waals surface area (Å²) in [5, 5.41) is 0. The Morgan fingerprint density at radius 1 is 1.32 bits per heavy atom. The summed E-state index contributed by atoms with van der Waals surface area (Å²) in [6, 6.07) is 8.72. The average Bonchev–Trinajstić information content (AvgIpc) is 2.44. The number of hydrogen-bond acceptors (Lipinski definition) is 3. The lowest BCUT2D eigenvalue weighted by atomic mass is 9.83. The van der Waals surface area contributed by atoms with Gasteiger partial charge in [-0.1, -0.05) is 38.1 Å². The van der Waals surface area contributed by atoms with Crippen LogP contribution < -0.4 is 5.73 Å². The minimum Gasteiger partial charge on any atom is -0.383 e. The van der Waals surface area contributed by atoms with Crippen LogP contribution in [0.3, 0.4) is 0 Å². The van der Waals surface area contributed by atoms with Gasteiger partial charge in [-0.25, -0.2) is 0 Å². The SMILES string of the molecule is COCC(CN)(C(C)C)N1CCc2ccccc2C1. The number of methoxy groups -OCH3 is 1. The molecule has 1 heterocycles. The summed E-state index contributed by atoms with van der Waals surface area (Å²) in [6.07, 6.45) is 1.11. The van der Waals surface area contributed by atoms with Crippen molar-refractivity contribution in [3.05, 3.63) is 35.4 Å². The van der Waals surface area contributed by atoms with Crippen LogP contribution in [0.2, 0.25) is 0 Å². The molecule has 3 nitrogen and oxygen atoms in total. The molecule has 2 N–H and O–H groups in total. The molecule has 2 rings (SSSR count). The Bertz CT molecular complexity index is 419. The van der Waals surface area contributed by atoms with Crippen molar-refractivity contribution in [2.75, 3.05) is 26.8 Å². The summed E-state index contributed by atoms with van der Waals surface area (Å²) in [4.78, 5) is 2.52. The molecule has 0 fully saturated rings. The van der Waals surface area contributed by atoms with Gasteiger partial charge in [0, 0.05) is 26.7 Å². The number of nitrogens with two attached hydrogens (primary N) is 1. The Labute approximate surface area is 116 Å². The van der Waals surface area contributed by atoms with Gasteiger partial charge in [0.2, 0.25) is 0 Å². The van der Waals surface area contributed by atoms with Gasteiger partial charge in [0.25, 0.3) is 0 Å². The van der Waals surface area contributed by atoms with Gasteiger partial charge >= 0.3 is 0 Å². The molecule has 0 aromatic heterocycles. The maximum atomic E-state index is 6.12. The summed E-state index contributed by atoms with van der Waals surface area (Å²) in [5.74, 6) is 0.475. The first kappa shape index (κ1) is 14.5. The van der Waals surface area contributed by atoms with Gasteiger partial charge in [-0.05, 0) is 23.5 Å². The second-order valence-electron chi connectivity index (χ2n) is 5.84. The minimum atomic E-state index is -0.0533. The number of rotatable bonds is 5. The summed E-state index contributed by atoms with van der Waals surface area (Å²) in [5.41, 5.74) is 8.98. The molecule has 1 unspecified atom stereocenters. The van der Waals surface area contributed by atoms with Gasteiger partial charge in [-0.15, -0.1) is 0 Å². The molecule has 106 valence electrons. The Kier molecular flexibility index (Phi) is 4.61. The van der Waals surface area contributed by atoms with Crippen molar-refractivity contribution >= 4 is 0 Å². The minimum absolute atomic E-state index is 0.0533. The van der Waals surface area contributed by atoms with Crippen LogP contribution >= 0.6 is 0 Å². The van der Waals surface area contributed by atoms with Gasteiger partial charge in [-0.2, -0.15) is 0 Å². The van der Waals surface area contributed by atoms with Gasteiger partial charge in [0.15, 0.2) is 0 Å². The smallest absolute Gasteiger partial charge is 0.0661 e. The van der Waals surface area contributed by atoms with E-state index in [1.54, 1.807) is 7.11 Å². The predicted octanol–water partition coefficient (Wildman–Crippen LogP) is 2.04. The fourth-order valence-electron chi connectivity index (χ4n) is 3.17. The van der Waals surface area contributed by atoms with Crippen molar-refractivity contribution in [2.24, 2.45) is 11.7 Å². The van der Waals surface area contributed by atoms with Crippen molar-refractivity contribution in [2.45, 2.75) is 32.4 Å². The number of nitrogens with zero attached hydrogens (tertiary/aromatic N) is 1. The zero-order valence-electron chi connectivity index (χ0n) is 12.4. The quantitative estimate of drug-likeness (QED) is 0.882. The molecule has 0 radical (unpaired) electrons. The topological polar surface area (TPSA) is 38.5 Å². The second kappa shape index (κ2) is 6.04. The van der Waals surface area contributed by atoms with E-state index < -0.39 is 0 Å². The van der Waals surface area contributed by atoms with Crippen molar-refractivity contribution in [1.29, 1.82) is 0 Å². The largest absolute Gasteiger partial charge is 0.383 e. The Hall–Kier alpha value is -0.900. The van der Waals surface area contributed by atoms with Crippen LogP contribution in [-0.2, 0) is 17.7 Å². The molecule has 1 aliphatic heterocycles. The predicted molar refractivity (Wildman–Crippen MR) is 79.1 cm³/mol. The lowest BCUT2D eigenvalue weighted by Crippen LogP contribution is -2.61. The zero-order valence-corrected chi connectivity index (χ0v) is 12.4. The lowest BCUT2D eigenvalue weighted by molar-refractivity contribution is -0.0243. The van der Waals surface area contributed by atoms with Gasteiger partial charge in [0.1, 0.15) is 0 Å². The Morgan fingerprint density at radius 3 is 2.58 bits per heavy atom. The number of fused-ring (bicyclic) bond motifs is 1. The molecule has 0 bridgehead atoms. The van der Waals surface area contributed by atoms with Crippen LogP contribution in [0.15, 0.2) is 24.3 Å². The molecular weight excluding hydrogens is 236 g/mol. The molecule has 0 aliphatic carbocycles. The Balaban J connectivity index is 2.25. The van der Waals surface area contributed by atoms with Crippen LogP contribution in [0.1, 0.15) is 25.0 Å². The third-order valence-corrected chi connectivity index (χ3v) is 4.58. The fraction of sp³-hybridized carbons (Fsp3) is 0.625. The fourth-order valence-corrected chi connectivity index (χ4v) is 3.17.